The molecule has 1 fully saturated rings. The zero-order chi connectivity index (χ0) is 22.8. The maximum Gasteiger partial charge on any atom is 0.222 e. The number of nitrogens with one attached hydrogen (secondary N) is 1. The molecule has 0 aliphatic heterocycles. The molecule has 0 unspecified atom stereocenters. The van der Waals surface area contributed by atoms with Crippen molar-refractivity contribution < 1.29 is 9.53 Å². The van der Waals surface area contributed by atoms with Crippen LogP contribution >= 0.6 is 0 Å². The Labute approximate surface area is 192 Å². The highest BCUT2D eigenvalue weighted by Gasteiger charge is 2.32. The molecule has 3 N–H and O–H groups in total. The fraction of sp³-hybridized carbons (Fsp3) is 0.231. The lowest BCUT2D eigenvalue weighted by molar-refractivity contribution is -0.121. The van der Waals surface area contributed by atoms with Crippen molar-refractivity contribution in [1.29, 1.82) is 0 Å². The van der Waals surface area contributed by atoms with Gasteiger partial charge < -0.3 is 15.8 Å². The van der Waals surface area contributed by atoms with Crippen LogP contribution in [0.25, 0.3) is 33.4 Å². The lowest BCUT2D eigenvalue weighted by atomic mass is 10.0. The molecule has 1 aliphatic carbocycles. The highest BCUT2D eigenvalue weighted by Crippen LogP contribution is 2.34. The zero-order valence-electron chi connectivity index (χ0n) is 18.4. The van der Waals surface area contributed by atoms with Gasteiger partial charge in [-0.3, -0.25) is 9.78 Å². The molecule has 2 aromatic heterocycles. The van der Waals surface area contributed by atoms with E-state index >= 15 is 0 Å². The van der Waals surface area contributed by atoms with Gasteiger partial charge in [0.15, 0.2) is 5.82 Å². The summed E-state index contributed by atoms with van der Waals surface area (Å²) in [6.07, 6.45) is 6.09. The van der Waals surface area contributed by atoms with Gasteiger partial charge in [-0.15, -0.1) is 0 Å². The SMILES string of the molecule is COc1cccc(-c2ccc3nc(-c4cccnc4)nc(N[C@@H]4CCC[C@@H]4C(N)=O)c3c2)c1. The van der Waals surface area contributed by atoms with Crippen molar-refractivity contribution in [3.05, 3.63) is 67.0 Å². The van der Waals surface area contributed by atoms with Crippen molar-refractivity contribution in [3.8, 4) is 28.3 Å². The molecular weight excluding hydrogens is 414 g/mol. The molecule has 2 heterocycles. The summed E-state index contributed by atoms with van der Waals surface area (Å²) in [5, 5.41) is 4.42. The van der Waals surface area contributed by atoms with Crippen LogP contribution < -0.4 is 15.8 Å². The normalized spacial score (nSPS) is 17.7. The third-order valence-corrected chi connectivity index (χ3v) is 6.22. The predicted molar refractivity (Wildman–Crippen MR) is 129 cm³/mol. The Hall–Kier alpha value is -4.00. The molecule has 7 nitrogen and oxygen atoms in total. The maximum absolute atomic E-state index is 12.0. The number of nitrogens with two attached hydrogens (primary N) is 1. The Morgan fingerprint density at radius 3 is 2.67 bits per heavy atom. The largest absolute Gasteiger partial charge is 0.497 e. The van der Waals surface area contributed by atoms with Crippen LogP contribution in [-0.2, 0) is 4.79 Å². The van der Waals surface area contributed by atoms with Crippen molar-refractivity contribution in [2.75, 3.05) is 12.4 Å². The Morgan fingerprint density at radius 2 is 1.88 bits per heavy atom. The summed E-state index contributed by atoms with van der Waals surface area (Å²) in [4.78, 5) is 25.8. The second kappa shape index (κ2) is 8.86. The number of hydrogen-bond acceptors (Lipinski definition) is 6. The van der Waals surface area contributed by atoms with Crippen LogP contribution in [0.1, 0.15) is 19.3 Å². The molecule has 2 atom stereocenters. The fourth-order valence-electron chi connectivity index (χ4n) is 4.49. The molecule has 0 radical (unpaired) electrons. The van der Waals surface area contributed by atoms with Gasteiger partial charge in [0.25, 0.3) is 0 Å². The molecule has 7 heteroatoms. The van der Waals surface area contributed by atoms with E-state index in [9.17, 15) is 4.79 Å². The minimum Gasteiger partial charge on any atom is -0.497 e. The van der Waals surface area contributed by atoms with Gasteiger partial charge in [0.05, 0.1) is 18.5 Å². The van der Waals surface area contributed by atoms with Gasteiger partial charge in [-0.1, -0.05) is 24.6 Å². The Morgan fingerprint density at radius 1 is 1.03 bits per heavy atom. The maximum atomic E-state index is 12.0. The summed E-state index contributed by atoms with van der Waals surface area (Å²) in [5.41, 5.74) is 9.38. The van der Waals surface area contributed by atoms with Gasteiger partial charge in [0.2, 0.25) is 5.91 Å². The van der Waals surface area contributed by atoms with Crippen LogP contribution in [0, 0.1) is 5.92 Å². The lowest BCUT2D eigenvalue weighted by Gasteiger charge is -2.20. The minimum atomic E-state index is -0.270. The first-order chi connectivity index (χ1) is 16.1. The Bertz CT molecular complexity index is 1310. The van der Waals surface area contributed by atoms with Gasteiger partial charge >= 0.3 is 0 Å². The van der Waals surface area contributed by atoms with E-state index in [1.54, 1.807) is 19.5 Å². The molecule has 2 aromatic carbocycles. The standard InChI is InChI=1S/C26H25N5O2/c1-33-19-7-2-5-16(13-19)17-10-11-23-21(14-17)26(30-22-9-3-8-20(22)24(27)32)31-25(29-23)18-6-4-12-28-15-18/h2,4-7,10-15,20,22H,3,8-9H2,1H3,(H2,27,32)(H,29,30,31)/t20-,22+/m0/s1. The highest BCUT2D eigenvalue weighted by molar-refractivity contribution is 5.94. The van der Waals surface area contributed by atoms with E-state index in [-0.39, 0.29) is 17.9 Å². The number of rotatable bonds is 6. The van der Waals surface area contributed by atoms with Crippen molar-refractivity contribution >= 4 is 22.6 Å². The third-order valence-electron chi connectivity index (χ3n) is 6.22. The van der Waals surface area contributed by atoms with Crippen molar-refractivity contribution in [1.82, 2.24) is 15.0 Å². The smallest absolute Gasteiger partial charge is 0.222 e. The first kappa shape index (κ1) is 20.9. The number of carbonyl (C=O) groups is 1. The summed E-state index contributed by atoms with van der Waals surface area (Å²) in [5.74, 6) is 1.60. The summed E-state index contributed by atoms with van der Waals surface area (Å²) in [7, 11) is 1.66. The van der Waals surface area contributed by atoms with Crippen LogP contribution in [0.2, 0.25) is 0 Å². The number of fused-ring (bicyclic) bond motifs is 1. The second-order valence-corrected chi connectivity index (χ2v) is 8.29. The van der Waals surface area contributed by atoms with Gasteiger partial charge in [0, 0.05) is 29.4 Å². The van der Waals surface area contributed by atoms with Crippen LogP contribution in [0.15, 0.2) is 67.0 Å². The van der Waals surface area contributed by atoms with Gasteiger partial charge in [0.1, 0.15) is 11.6 Å². The monoisotopic (exact) mass is 439 g/mol. The molecule has 0 bridgehead atoms. The first-order valence-electron chi connectivity index (χ1n) is 11.0. The number of anilines is 1. The van der Waals surface area contributed by atoms with Crippen LogP contribution in [0.5, 0.6) is 5.75 Å². The number of ether oxygens (including phenoxy) is 1. The molecule has 1 aliphatic rings. The van der Waals surface area contributed by atoms with E-state index in [1.165, 1.54) is 0 Å². The third kappa shape index (κ3) is 4.22. The Kier molecular flexibility index (Phi) is 5.60. The Balaban J connectivity index is 1.63. The first-order valence-corrected chi connectivity index (χ1v) is 11.0. The van der Waals surface area contributed by atoms with Gasteiger partial charge in [-0.25, -0.2) is 9.97 Å². The molecule has 5 rings (SSSR count). The van der Waals surface area contributed by atoms with E-state index in [1.807, 2.05) is 48.5 Å². The summed E-state index contributed by atoms with van der Waals surface area (Å²) in [6, 6.07) is 17.8. The minimum absolute atomic E-state index is 0.0529. The van der Waals surface area contributed by atoms with Crippen molar-refractivity contribution in [2.24, 2.45) is 11.7 Å². The number of benzene rings is 2. The van der Waals surface area contributed by atoms with E-state index in [0.29, 0.717) is 11.6 Å². The lowest BCUT2D eigenvalue weighted by Crippen LogP contribution is -2.34. The van der Waals surface area contributed by atoms with Crippen LogP contribution in [0.3, 0.4) is 0 Å². The quantitative estimate of drug-likeness (QED) is 0.461. The van der Waals surface area contributed by atoms with E-state index in [4.69, 9.17) is 20.4 Å². The summed E-state index contributed by atoms with van der Waals surface area (Å²) in [6.45, 7) is 0. The number of amides is 1. The number of hydrogen-bond donors (Lipinski definition) is 2. The average Bonchev–Trinajstić information content (AvgIpc) is 3.33. The van der Waals surface area contributed by atoms with Crippen LogP contribution in [0.4, 0.5) is 5.82 Å². The number of nitrogens with zero attached hydrogens (tertiary/aromatic N) is 3. The molecule has 33 heavy (non-hydrogen) atoms. The fourth-order valence-corrected chi connectivity index (χ4v) is 4.49. The van der Waals surface area contributed by atoms with Gasteiger partial charge in [-0.05, 0) is 60.4 Å². The molecule has 166 valence electrons. The predicted octanol–water partition coefficient (Wildman–Crippen LogP) is 4.43. The molecule has 0 spiro atoms. The van der Waals surface area contributed by atoms with Crippen molar-refractivity contribution in [2.45, 2.75) is 25.3 Å². The summed E-state index contributed by atoms with van der Waals surface area (Å²) >= 11 is 0. The molecular formula is C26H25N5O2. The number of carbonyl (C=O) groups excluding carboxylic acids is 1. The molecule has 1 saturated carbocycles. The van der Waals surface area contributed by atoms with E-state index in [0.717, 1.165) is 52.6 Å². The summed E-state index contributed by atoms with van der Waals surface area (Å²) < 4.78 is 5.39. The molecule has 0 saturated heterocycles. The number of primary amides is 1. The zero-order valence-corrected chi connectivity index (χ0v) is 18.4. The van der Waals surface area contributed by atoms with Crippen LogP contribution in [-0.4, -0.2) is 34.0 Å². The topological polar surface area (TPSA) is 103 Å². The average molecular weight is 440 g/mol. The number of aromatic nitrogens is 3. The number of methoxy groups -OCH3 is 1. The highest BCUT2D eigenvalue weighted by atomic mass is 16.5. The van der Waals surface area contributed by atoms with E-state index in [2.05, 4.69) is 16.4 Å². The van der Waals surface area contributed by atoms with E-state index < -0.39 is 0 Å². The second-order valence-electron chi connectivity index (χ2n) is 8.29. The molecule has 4 aromatic rings. The molecule has 1 amide bonds. The van der Waals surface area contributed by atoms with Gasteiger partial charge in [-0.2, -0.15) is 0 Å². The van der Waals surface area contributed by atoms with Crippen molar-refractivity contribution in [3.63, 3.8) is 0 Å². The number of pyridine rings is 1.